The third-order valence-corrected chi connectivity index (χ3v) is 7.66. The quantitative estimate of drug-likeness (QED) is 0.244. The molecule has 0 saturated heterocycles. The van der Waals surface area contributed by atoms with Crippen LogP contribution >= 0.6 is 0 Å². The average molecular weight is 486 g/mol. The van der Waals surface area contributed by atoms with E-state index >= 15 is 0 Å². The first-order valence-electron chi connectivity index (χ1n) is 13.1. The maximum absolute atomic E-state index is 4.87. The van der Waals surface area contributed by atoms with Gasteiger partial charge < -0.3 is 4.98 Å². The highest BCUT2D eigenvalue weighted by molar-refractivity contribution is 6.12. The number of nitrogens with zero attached hydrogens (tertiary/aromatic N) is 2. The van der Waals surface area contributed by atoms with Crippen molar-refractivity contribution < 1.29 is 0 Å². The Bertz CT molecular complexity index is 1730. The molecule has 4 aromatic carbocycles. The van der Waals surface area contributed by atoms with Crippen LogP contribution in [0.15, 0.2) is 78.9 Å². The van der Waals surface area contributed by atoms with Gasteiger partial charge in [0.15, 0.2) is 0 Å². The van der Waals surface area contributed by atoms with Crippen molar-refractivity contribution in [3.8, 4) is 22.6 Å². The van der Waals surface area contributed by atoms with Crippen LogP contribution in [-0.2, 0) is 17.9 Å². The highest BCUT2D eigenvalue weighted by Gasteiger charge is 2.20. The van der Waals surface area contributed by atoms with E-state index in [1.54, 1.807) is 0 Å². The zero-order chi connectivity index (χ0) is 26.1. The standard InChI is InChI=1S/C34H35N3/c1-33(2,3)23-14-12-21-18-22-13-15-24(34(4,5)6)20-27(22)31(26(21)19-23)28-16-17-29(35-28)32-25-10-8-9-11-30(25)37(7)36-32/h8-20,35H,1-7H3. The van der Waals surface area contributed by atoms with E-state index in [1.807, 2.05) is 11.7 Å². The number of aromatic nitrogens is 3. The third kappa shape index (κ3) is 3.94. The molecule has 6 rings (SSSR count). The first-order valence-corrected chi connectivity index (χ1v) is 13.1. The lowest BCUT2D eigenvalue weighted by Gasteiger charge is -2.22. The number of aromatic amines is 1. The number of para-hydroxylation sites is 1. The molecule has 6 aromatic rings. The van der Waals surface area contributed by atoms with E-state index in [9.17, 15) is 0 Å². The van der Waals surface area contributed by atoms with Crippen molar-refractivity contribution in [3.05, 3.63) is 90.0 Å². The maximum Gasteiger partial charge on any atom is 0.116 e. The van der Waals surface area contributed by atoms with Crippen molar-refractivity contribution in [2.45, 2.75) is 52.4 Å². The van der Waals surface area contributed by atoms with Crippen LogP contribution in [0.3, 0.4) is 0 Å². The molecule has 0 saturated carbocycles. The Morgan fingerprint density at radius 1 is 0.622 bits per heavy atom. The summed E-state index contributed by atoms with van der Waals surface area (Å²) in [5.41, 5.74) is 8.37. The van der Waals surface area contributed by atoms with Crippen molar-refractivity contribution in [3.63, 3.8) is 0 Å². The Balaban J connectivity index is 1.66. The molecule has 0 unspecified atom stereocenters. The second-order valence-electron chi connectivity index (χ2n) is 12.4. The molecule has 0 fully saturated rings. The Labute approximate surface area is 219 Å². The summed E-state index contributed by atoms with van der Waals surface area (Å²) in [5.74, 6) is 0. The highest BCUT2D eigenvalue weighted by Crippen LogP contribution is 2.41. The van der Waals surface area contributed by atoms with Gasteiger partial charge in [0, 0.05) is 23.7 Å². The Morgan fingerprint density at radius 2 is 1.19 bits per heavy atom. The number of hydrogen-bond donors (Lipinski definition) is 1. The van der Waals surface area contributed by atoms with Gasteiger partial charge in [-0.3, -0.25) is 4.68 Å². The van der Waals surface area contributed by atoms with Gasteiger partial charge in [0.1, 0.15) is 5.69 Å². The van der Waals surface area contributed by atoms with Crippen LogP contribution in [0, 0.1) is 0 Å². The lowest BCUT2D eigenvalue weighted by Crippen LogP contribution is -2.11. The van der Waals surface area contributed by atoms with Gasteiger partial charge in [-0.1, -0.05) is 84.0 Å². The van der Waals surface area contributed by atoms with Crippen molar-refractivity contribution >= 4 is 32.4 Å². The fourth-order valence-electron chi connectivity index (χ4n) is 5.42. The monoisotopic (exact) mass is 485 g/mol. The van der Waals surface area contributed by atoms with Crippen LogP contribution in [0.1, 0.15) is 52.7 Å². The molecule has 1 N–H and O–H groups in total. The molecule has 0 bridgehead atoms. The molecule has 0 spiro atoms. The minimum absolute atomic E-state index is 0.0709. The highest BCUT2D eigenvalue weighted by atomic mass is 15.3. The maximum atomic E-state index is 4.87. The van der Waals surface area contributed by atoms with E-state index in [4.69, 9.17) is 5.10 Å². The summed E-state index contributed by atoms with van der Waals surface area (Å²) in [6.45, 7) is 13.7. The topological polar surface area (TPSA) is 33.6 Å². The number of benzene rings is 4. The van der Waals surface area contributed by atoms with E-state index in [1.165, 1.54) is 38.2 Å². The first-order chi connectivity index (χ1) is 17.5. The van der Waals surface area contributed by atoms with Crippen molar-refractivity contribution in [2.24, 2.45) is 7.05 Å². The summed E-state index contributed by atoms with van der Waals surface area (Å²) in [4.78, 5) is 3.78. The van der Waals surface area contributed by atoms with Gasteiger partial charge in [-0.15, -0.1) is 0 Å². The minimum atomic E-state index is 0.0709. The van der Waals surface area contributed by atoms with Gasteiger partial charge in [0.25, 0.3) is 0 Å². The molecule has 3 nitrogen and oxygen atoms in total. The second-order valence-corrected chi connectivity index (χ2v) is 12.4. The van der Waals surface area contributed by atoms with Crippen molar-refractivity contribution in [1.29, 1.82) is 0 Å². The van der Waals surface area contributed by atoms with E-state index in [0.29, 0.717) is 0 Å². The SMILES string of the molecule is Cn1nc(-c2ccc(-c3c4cc(C(C)(C)C)ccc4cc4ccc(C(C)(C)C)cc34)[nH]2)c2ccccc21. The fraction of sp³-hybridized carbons (Fsp3) is 0.265. The Hall–Kier alpha value is -3.85. The van der Waals surface area contributed by atoms with Gasteiger partial charge in [-0.05, 0) is 79.9 Å². The van der Waals surface area contributed by atoms with Gasteiger partial charge in [0.2, 0.25) is 0 Å². The predicted molar refractivity (Wildman–Crippen MR) is 158 cm³/mol. The van der Waals surface area contributed by atoms with Crippen LogP contribution in [0.4, 0.5) is 0 Å². The first kappa shape index (κ1) is 23.5. The minimum Gasteiger partial charge on any atom is -0.353 e. The molecule has 0 radical (unpaired) electrons. The smallest absolute Gasteiger partial charge is 0.116 e. The number of H-pyrrole nitrogens is 1. The normalized spacial score (nSPS) is 12.7. The van der Waals surface area contributed by atoms with E-state index in [-0.39, 0.29) is 10.8 Å². The van der Waals surface area contributed by atoms with Gasteiger partial charge >= 0.3 is 0 Å². The summed E-state index contributed by atoms with van der Waals surface area (Å²) in [5, 5.41) is 11.1. The van der Waals surface area contributed by atoms with Gasteiger partial charge in [0.05, 0.1) is 11.2 Å². The molecule has 0 aliphatic rings. The predicted octanol–water partition coefficient (Wildman–Crippen LogP) is 9.14. The van der Waals surface area contributed by atoms with Gasteiger partial charge in [-0.2, -0.15) is 5.10 Å². The third-order valence-electron chi connectivity index (χ3n) is 7.66. The van der Waals surface area contributed by atoms with Crippen LogP contribution in [0.5, 0.6) is 0 Å². The number of rotatable bonds is 2. The summed E-state index contributed by atoms with van der Waals surface area (Å²) >= 11 is 0. The summed E-state index contributed by atoms with van der Waals surface area (Å²) < 4.78 is 1.96. The van der Waals surface area contributed by atoms with E-state index < -0.39 is 0 Å². The van der Waals surface area contributed by atoms with Crippen LogP contribution in [0.2, 0.25) is 0 Å². The molecular formula is C34H35N3. The Kier molecular flexibility index (Phi) is 5.14. The van der Waals surface area contributed by atoms with Crippen LogP contribution in [-0.4, -0.2) is 14.8 Å². The van der Waals surface area contributed by atoms with Crippen LogP contribution in [0.25, 0.3) is 55.1 Å². The van der Waals surface area contributed by atoms with E-state index in [2.05, 4.69) is 125 Å². The van der Waals surface area contributed by atoms with Gasteiger partial charge in [-0.25, -0.2) is 0 Å². The van der Waals surface area contributed by atoms with Crippen LogP contribution < -0.4 is 0 Å². The molecule has 0 atom stereocenters. The molecule has 37 heavy (non-hydrogen) atoms. The number of nitrogens with one attached hydrogen (secondary N) is 1. The summed E-state index contributed by atoms with van der Waals surface area (Å²) in [6, 6.07) is 29.1. The molecule has 3 heteroatoms. The molecule has 186 valence electrons. The fourth-order valence-corrected chi connectivity index (χ4v) is 5.42. The van der Waals surface area contributed by atoms with Crippen molar-refractivity contribution in [2.75, 3.05) is 0 Å². The number of fused-ring (bicyclic) bond motifs is 3. The molecular weight excluding hydrogens is 450 g/mol. The zero-order valence-electron chi connectivity index (χ0n) is 22.9. The molecule has 2 aromatic heterocycles. The molecule has 2 heterocycles. The zero-order valence-corrected chi connectivity index (χ0v) is 22.9. The molecule has 0 aliphatic heterocycles. The summed E-state index contributed by atoms with van der Waals surface area (Å²) in [6.07, 6.45) is 0. The second kappa shape index (κ2) is 8.08. The van der Waals surface area contributed by atoms with E-state index in [0.717, 1.165) is 28.0 Å². The average Bonchev–Trinajstić information content (AvgIpc) is 3.45. The number of aryl methyl sites for hydroxylation is 1. The lowest BCUT2D eigenvalue weighted by atomic mass is 9.82. The lowest BCUT2D eigenvalue weighted by molar-refractivity contribution is 0.591. The molecule has 0 amide bonds. The Morgan fingerprint density at radius 3 is 1.78 bits per heavy atom. The largest absolute Gasteiger partial charge is 0.353 e. The molecule has 0 aliphatic carbocycles. The summed E-state index contributed by atoms with van der Waals surface area (Å²) in [7, 11) is 2.01. The number of hydrogen-bond acceptors (Lipinski definition) is 1. The van der Waals surface area contributed by atoms with Crippen molar-refractivity contribution in [1.82, 2.24) is 14.8 Å².